The maximum atomic E-state index is 8.67. The molecule has 0 aliphatic heterocycles. The predicted octanol–water partition coefficient (Wildman–Crippen LogP) is 2.03. The van der Waals surface area contributed by atoms with Gasteiger partial charge in [-0.1, -0.05) is 19.3 Å². The van der Waals surface area contributed by atoms with Crippen LogP contribution in [0.15, 0.2) is 6.33 Å². The summed E-state index contributed by atoms with van der Waals surface area (Å²) in [5.41, 5.74) is 0.252. The summed E-state index contributed by atoms with van der Waals surface area (Å²) in [5.74, 6) is 1.14. The monoisotopic (exact) mass is 236 g/mol. The molecule has 0 saturated heterocycles. The summed E-state index contributed by atoms with van der Waals surface area (Å²) >= 11 is 4.48. The highest BCUT2D eigenvalue weighted by Crippen LogP contribution is 2.38. The molecule has 1 aromatic heterocycles. The van der Waals surface area contributed by atoms with Gasteiger partial charge in [0, 0.05) is 6.54 Å². The van der Waals surface area contributed by atoms with Crippen LogP contribution in [0.5, 0.6) is 0 Å². The van der Waals surface area contributed by atoms with Gasteiger partial charge in [-0.2, -0.15) is 17.9 Å². The van der Waals surface area contributed by atoms with E-state index >= 15 is 0 Å². The Labute approximate surface area is 101 Å². The van der Waals surface area contributed by atoms with Crippen LogP contribution in [0.3, 0.4) is 0 Å². The smallest absolute Gasteiger partial charge is 0.251 e. The van der Waals surface area contributed by atoms with Gasteiger partial charge in [-0.15, -0.1) is 5.10 Å². The molecule has 1 saturated carbocycles. The number of aromatic nitrogens is 3. The first-order chi connectivity index (χ1) is 7.78. The third-order valence-electron chi connectivity index (χ3n) is 3.38. The average Bonchev–Trinajstić information content (AvgIpc) is 2.78. The van der Waals surface area contributed by atoms with E-state index in [0.717, 1.165) is 12.3 Å². The largest absolute Gasteiger partial charge is 0.252 e. The summed E-state index contributed by atoms with van der Waals surface area (Å²) in [6, 6.07) is 1.95. The molecule has 5 heteroatoms. The fourth-order valence-corrected chi connectivity index (χ4v) is 2.85. The third kappa shape index (κ3) is 2.38. The number of nitriles is 1. The van der Waals surface area contributed by atoms with Gasteiger partial charge in [0.1, 0.15) is 12.4 Å². The van der Waals surface area contributed by atoms with Crippen LogP contribution in [0, 0.1) is 16.7 Å². The maximum absolute atomic E-state index is 8.67. The van der Waals surface area contributed by atoms with Crippen molar-refractivity contribution in [2.24, 2.45) is 5.41 Å². The molecule has 16 heavy (non-hydrogen) atoms. The molecule has 1 aliphatic rings. The van der Waals surface area contributed by atoms with Gasteiger partial charge in [0.15, 0.2) is 0 Å². The van der Waals surface area contributed by atoms with Crippen molar-refractivity contribution in [3.05, 3.63) is 12.2 Å². The second-order valence-corrected chi connectivity index (χ2v) is 4.91. The highest BCUT2D eigenvalue weighted by atomic mass is 32.1. The van der Waals surface area contributed by atoms with Gasteiger partial charge in [0.05, 0.1) is 0 Å². The van der Waals surface area contributed by atoms with Gasteiger partial charge in [-0.25, -0.2) is 4.98 Å². The van der Waals surface area contributed by atoms with E-state index in [1.54, 1.807) is 11.0 Å². The summed E-state index contributed by atoms with van der Waals surface area (Å²) in [7, 11) is 0. The average molecular weight is 236 g/mol. The molecular formula is C11H16N4S. The third-order valence-corrected chi connectivity index (χ3v) is 4.05. The lowest BCUT2D eigenvalue weighted by atomic mass is 9.75. The minimum absolute atomic E-state index is 0.252. The molecule has 0 unspecified atom stereocenters. The molecule has 0 spiro atoms. The van der Waals surface area contributed by atoms with Gasteiger partial charge in [0.25, 0.3) is 5.82 Å². The summed E-state index contributed by atoms with van der Waals surface area (Å²) < 4.78 is 1.79. The van der Waals surface area contributed by atoms with Crippen molar-refractivity contribution >= 4 is 12.6 Å². The topological polar surface area (TPSA) is 54.5 Å². The van der Waals surface area contributed by atoms with Crippen molar-refractivity contribution < 1.29 is 0 Å². The molecule has 1 aromatic rings. The van der Waals surface area contributed by atoms with Crippen LogP contribution in [0.25, 0.3) is 0 Å². The van der Waals surface area contributed by atoms with E-state index in [9.17, 15) is 0 Å². The van der Waals surface area contributed by atoms with Gasteiger partial charge < -0.3 is 0 Å². The summed E-state index contributed by atoms with van der Waals surface area (Å²) in [6.07, 6.45) is 7.95. The van der Waals surface area contributed by atoms with Crippen molar-refractivity contribution in [2.45, 2.75) is 38.6 Å². The Bertz CT molecular complexity index is 387. The molecule has 0 N–H and O–H groups in total. The molecule has 2 rings (SSSR count). The molecule has 0 aromatic carbocycles. The van der Waals surface area contributed by atoms with E-state index < -0.39 is 0 Å². The van der Waals surface area contributed by atoms with Crippen molar-refractivity contribution in [3.8, 4) is 6.07 Å². The van der Waals surface area contributed by atoms with E-state index in [0.29, 0.717) is 0 Å². The van der Waals surface area contributed by atoms with Crippen LogP contribution in [0.1, 0.15) is 37.9 Å². The SMILES string of the molecule is N#Cc1ncn(CC2(CS)CCCCC2)n1. The molecule has 0 atom stereocenters. The van der Waals surface area contributed by atoms with Crippen molar-refractivity contribution in [3.63, 3.8) is 0 Å². The molecule has 1 heterocycles. The van der Waals surface area contributed by atoms with Crippen molar-refractivity contribution in [1.29, 1.82) is 5.26 Å². The summed E-state index contributed by atoms with van der Waals surface area (Å²) in [6.45, 7) is 0.838. The van der Waals surface area contributed by atoms with Crippen LogP contribution >= 0.6 is 12.6 Å². The Hall–Kier alpha value is -1.02. The lowest BCUT2D eigenvalue weighted by Crippen LogP contribution is -2.31. The normalized spacial score (nSPS) is 19.2. The van der Waals surface area contributed by atoms with Crippen LogP contribution in [0.4, 0.5) is 0 Å². The number of thiol groups is 1. The Morgan fingerprint density at radius 2 is 2.19 bits per heavy atom. The van der Waals surface area contributed by atoms with E-state index in [1.165, 1.54) is 32.1 Å². The molecule has 0 radical (unpaired) electrons. The van der Waals surface area contributed by atoms with E-state index in [1.807, 2.05) is 6.07 Å². The number of hydrogen-bond acceptors (Lipinski definition) is 4. The Kier molecular flexibility index (Phi) is 3.49. The fourth-order valence-electron chi connectivity index (χ4n) is 2.43. The highest BCUT2D eigenvalue weighted by Gasteiger charge is 2.31. The predicted molar refractivity (Wildman–Crippen MR) is 64.1 cm³/mol. The van der Waals surface area contributed by atoms with Crippen LogP contribution < -0.4 is 0 Å². The number of rotatable bonds is 3. The number of nitrogens with zero attached hydrogens (tertiary/aromatic N) is 4. The maximum Gasteiger partial charge on any atom is 0.252 e. The quantitative estimate of drug-likeness (QED) is 0.817. The number of hydrogen-bond donors (Lipinski definition) is 1. The zero-order valence-corrected chi connectivity index (χ0v) is 10.2. The lowest BCUT2D eigenvalue weighted by Gasteiger charge is -2.35. The summed E-state index contributed by atoms with van der Waals surface area (Å²) in [5, 5.41) is 12.8. The first-order valence-corrected chi connectivity index (χ1v) is 6.32. The van der Waals surface area contributed by atoms with Gasteiger partial charge in [-0.05, 0) is 24.0 Å². The molecule has 1 aliphatic carbocycles. The summed E-state index contributed by atoms with van der Waals surface area (Å²) in [4.78, 5) is 3.93. The lowest BCUT2D eigenvalue weighted by molar-refractivity contribution is 0.182. The Morgan fingerprint density at radius 3 is 2.75 bits per heavy atom. The van der Waals surface area contributed by atoms with E-state index in [2.05, 4.69) is 22.7 Å². The molecule has 0 bridgehead atoms. The molecule has 1 fully saturated rings. The van der Waals surface area contributed by atoms with Gasteiger partial charge in [-0.3, -0.25) is 4.68 Å². The standard InChI is InChI=1S/C11H16N4S/c12-6-10-13-9-15(14-10)7-11(8-16)4-2-1-3-5-11/h9,16H,1-5,7-8H2. The van der Waals surface area contributed by atoms with Gasteiger partial charge >= 0.3 is 0 Å². The van der Waals surface area contributed by atoms with Crippen LogP contribution in [-0.4, -0.2) is 20.5 Å². The van der Waals surface area contributed by atoms with E-state index in [-0.39, 0.29) is 11.2 Å². The van der Waals surface area contributed by atoms with Gasteiger partial charge in [0.2, 0.25) is 0 Å². The molecule has 86 valence electrons. The fraction of sp³-hybridized carbons (Fsp3) is 0.727. The minimum atomic E-state index is 0.252. The Balaban J connectivity index is 2.08. The second-order valence-electron chi connectivity index (χ2n) is 4.60. The van der Waals surface area contributed by atoms with Crippen molar-refractivity contribution in [2.75, 3.05) is 5.75 Å². The highest BCUT2D eigenvalue weighted by molar-refractivity contribution is 7.80. The van der Waals surface area contributed by atoms with E-state index in [4.69, 9.17) is 5.26 Å². The first kappa shape index (κ1) is 11.5. The van der Waals surface area contributed by atoms with Crippen molar-refractivity contribution in [1.82, 2.24) is 14.8 Å². The second kappa shape index (κ2) is 4.88. The van der Waals surface area contributed by atoms with Crippen LogP contribution in [0.2, 0.25) is 0 Å². The molecular weight excluding hydrogens is 220 g/mol. The Morgan fingerprint density at radius 1 is 1.44 bits per heavy atom. The minimum Gasteiger partial charge on any atom is -0.251 e. The zero-order chi connectivity index (χ0) is 11.4. The molecule has 4 nitrogen and oxygen atoms in total. The van der Waals surface area contributed by atoms with Crippen LogP contribution in [-0.2, 0) is 6.54 Å². The molecule has 0 amide bonds. The zero-order valence-electron chi connectivity index (χ0n) is 9.26. The first-order valence-electron chi connectivity index (χ1n) is 5.68.